The number of furan rings is 1. The van der Waals surface area contributed by atoms with Gasteiger partial charge in [-0.3, -0.25) is 0 Å². The predicted octanol–water partition coefficient (Wildman–Crippen LogP) is 12.1. The second kappa shape index (κ2) is 12.6. The van der Waals surface area contributed by atoms with Crippen molar-refractivity contribution in [2.24, 2.45) is 0 Å². The third-order valence-corrected chi connectivity index (χ3v) is 12.6. The minimum Gasteiger partial charge on any atom is -0.437 e. The van der Waals surface area contributed by atoms with Crippen molar-refractivity contribution in [3.05, 3.63) is 142 Å². The Hall–Kier alpha value is -5.35. The molecule has 2 aliphatic rings. The zero-order valence-electron chi connectivity index (χ0n) is 33.3. The molecule has 0 N–H and O–H groups in total. The molecular weight excluding hydrogens is 659 g/mol. The number of hydrogen-bond donors (Lipinski definition) is 0. The van der Waals surface area contributed by atoms with Crippen LogP contribution in [-0.2, 0) is 6.42 Å². The lowest BCUT2D eigenvalue weighted by atomic mass is 9.78. The maximum Gasteiger partial charge on any atom is 0.227 e. The largest absolute Gasteiger partial charge is 0.437 e. The van der Waals surface area contributed by atoms with Crippen molar-refractivity contribution in [1.82, 2.24) is 4.98 Å². The van der Waals surface area contributed by atoms with Crippen molar-refractivity contribution in [3.8, 4) is 33.8 Å². The number of benzene rings is 3. The first-order valence-corrected chi connectivity index (χ1v) is 19.8. The first-order chi connectivity index (χ1) is 25.9. The highest BCUT2D eigenvalue weighted by atomic mass is 16.3. The molecule has 270 valence electrons. The summed E-state index contributed by atoms with van der Waals surface area (Å²) in [4.78, 5) is 5.32. The Kier molecular flexibility index (Phi) is 8.04. The number of aryl methyl sites for hydroxylation is 5. The van der Waals surface area contributed by atoms with Gasteiger partial charge in [-0.2, -0.15) is 9.13 Å². The van der Waals surface area contributed by atoms with Crippen LogP contribution in [0, 0.1) is 34.6 Å². The first kappa shape index (κ1) is 34.4. The molecule has 2 unspecified atom stereocenters. The van der Waals surface area contributed by atoms with E-state index in [1.807, 2.05) is 0 Å². The SMILES string of the molecule is C=C1C2c3cc(C)ccc3-c3cc(C)c(C)c[n+]3C2CCc2ccc3c(oc4nc(-c5c(C(C)C)cccc5C(C)C)ccc43)c2-c2ccc(C)c(C)[n+]21. The number of fused-ring (bicyclic) bond motifs is 13. The molecule has 9 rings (SSSR count). The van der Waals surface area contributed by atoms with Crippen LogP contribution in [0.5, 0.6) is 0 Å². The Morgan fingerprint density at radius 2 is 1.48 bits per heavy atom. The number of aromatic nitrogens is 3. The average molecular weight is 710 g/mol. The monoisotopic (exact) mass is 709 g/mol. The Morgan fingerprint density at radius 1 is 0.741 bits per heavy atom. The van der Waals surface area contributed by atoms with Crippen LogP contribution in [0.25, 0.3) is 61.5 Å². The molecule has 7 aromatic rings. The van der Waals surface area contributed by atoms with Crippen molar-refractivity contribution >= 4 is 27.8 Å². The summed E-state index contributed by atoms with van der Waals surface area (Å²) in [6.07, 6.45) is 4.26. The molecule has 54 heavy (non-hydrogen) atoms. The van der Waals surface area contributed by atoms with Gasteiger partial charge < -0.3 is 4.42 Å². The molecule has 0 radical (unpaired) electrons. The molecular formula is C50H51N3O+2. The number of allylic oxidation sites excluding steroid dienone is 1. The topological polar surface area (TPSA) is 33.8 Å². The van der Waals surface area contributed by atoms with Crippen molar-refractivity contribution in [1.29, 1.82) is 0 Å². The number of pyridine rings is 3. The normalized spacial score (nSPS) is 16.5. The third kappa shape index (κ3) is 5.13. The molecule has 4 aromatic heterocycles. The van der Waals surface area contributed by atoms with Crippen molar-refractivity contribution in [2.45, 2.75) is 99.0 Å². The summed E-state index contributed by atoms with van der Waals surface area (Å²) in [6.45, 7) is 25.2. The van der Waals surface area contributed by atoms with Gasteiger partial charge in [0.25, 0.3) is 0 Å². The van der Waals surface area contributed by atoms with Gasteiger partial charge in [0.2, 0.25) is 17.1 Å². The van der Waals surface area contributed by atoms with Gasteiger partial charge in [-0.25, -0.2) is 4.98 Å². The minimum absolute atomic E-state index is 0.0876. The summed E-state index contributed by atoms with van der Waals surface area (Å²) < 4.78 is 12.1. The van der Waals surface area contributed by atoms with Gasteiger partial charge in [-0.05, 0) is 105 Å². The highest BCUT2D eigenvalue weighted by molar-refractivity contribution is 6.09. The van der Waals surface area contributed by atoms with Crippen LogP contribution in [0.1, 0.15) is 108 Å². The summed E-state index contributed by atoms with van der Waals surface area (Å²) in [5.74, 6) is 0.840. The Labute approximate surface area is 319 Å². The molecule has 2 atom stereocenters. The molecule has 4 nitrogen and oxygen atoms in total. The molecule has 0 spiro atoms. The Morgan fingerprint density at radius 3 is 2.22 bits per heavy atom. The van der Waals surface area contributed by atoms with Gasteiger partial charge in [-0.15, -0.1) is 0 Å². The zero-order chi connectivity index (χ0) is 37.7. The first-order valence-electron chi connectivity index (χ1n) is 19.8. The fourth-order valence-electron chi connectivity index (χ4n) is 9.51. The fraction of sp³-hybridized carbons (Fsp3) is 0.300. The highest BCUT2D eigenvalue weighted by Gasteiger charge is 2.47. The van der Waals surface area contributed by atoms with Crippen molar-refractivity contribution in [3.63, 3.8) is 0 Å². The predicted molar refractivity (Wildman–Crippen MR) is 222 cm³/mol. The highest BCUT2D eigenvalue weighted by Crippen LogP contribution is 2.48. The third-order valence-electron chi connectivity index (χ3n) is 12.6. The second-order valence-corrected chi connectivity index (χ2v) is 16.7. The molecule has 0 saturated carbocycles. The van der Waals surface area contributed by atoms with Crippen LogP contribution in [0.3, 0.4) is 0 Å². The van der Waals surface area contributed by atoms with Gasteiger partial charge in [0.1, 0.15) is 5.92 Å². The fourth-order valence-corrected chi connectivity index (χ4v) is 9.51. The quantitative estimate of drug-likeness (QED) is 0.171. The van der Waals surface area contributed by atoms with Crippen LogP contribution >= 0.6 is 0 Å². The van der Waals surface area contributed by atoms with Crippen LogP contribution in [0.2, 0.25) is 0 Å². The lowest BCUT2D eigenvalue weighted by Crippen LogP contribution is -2.51. The van der Waals surface area contributed by atoms with Crippen molar-refractivity contribution in [2.75, 3.05) is 0 Å². The van der Waals surface area contributed by atoms with E-state index in [0.717, 1.165) is 51.8 Å². The van der Waals surface area contributed by atoms with E-state index in [2.05, 4.69) is 157 Å². The van der Waals surface area contributed by atoms with E-state index in [9.17, 15) is 0 Å². The second-order valence-electron chi connectivity index (χ2n) is 16.7. The van der Waals surface area contributed by atoms with E-state index < -0.39 is 0 Å². The molecule has 0 aliphatic carbocycles. The van der Waals surface area contributed by atoms with Gasteiger partial charge in [0.05, 0.1) is 16.8 Å². The summed E-state index contributed by atoms with van der Waals surface area (Å²) in [5.41, 5.74) is 21.4. The van der Waals surface area contributed by atoms with Gasteiger partial charge in [0, 0.05) is 52.9 Å². The van der Waals surface area contributed by atoms with E-state index in [0.29, 0.717) is 17.5 Å². The van der Waals surface area contributed by atoms with E-state index >= 15 is 0 Å². The van der Waals surface area contributed by atoms with Crippen LogP contribution in [-0.4, -0.2) is 4.98 Å². The lowest BCUT2D eigenvalue weighted by molar-refractivity contribution is -0.720. The summed E-state index contributed by atoms with van der Waals surface area (Å²) in [6, 6.07) is 29.9. The number of nitrogens with zero attached hydrogens (tertiary/aromatic N) is 3. The molecule has 0 fully saturated rings. The molecule has 0 saturated heterocycles. The van der Waals surface area contributed by atoms with Gasteiger partial charge in [0.15, 0.2) is 29.2 Å². The summed E-state index contributed by atoms with van der Waals surface area (Å²) in [7, 11) is 0. The average Bonchev–Trinajstić information content (AvgIpc) is 3.54. The van der Waals surface area contributed by atoms with Crippen LogP contribution in [0.15, 0.2) is 96.1 Å². The molecule has 0 bridgehead atoms. The number of hydrogen-bond acceptors (Lipinski definition) is 2. The van der Waals surface area contributed by atoms with E-state index in [4.69, 9.17) is 16.0 Å². The Balaban J connectivity index is 1.30. The number of rotatable bonds is 3. The van der Waals surface area contributed by atoms with Crippen LogP contribution < -0.4 is 9.13 Å². The standard InChI is InChI=1S/C50H51N3O/c1-27(2)36-12-11-13-37(28(3)4)48(36)42-21-20-40-39-19-16-35-17-23-43-46(41-24-29(5)14-18-38(41)45-25-31(7)32(8)26-52(43)45)34(10)53-33(9)30(6)15-22-44(53)47(35)49(39)54-50(40)51-42/h11-16,18-22,24-28,43,46H,10,17,23H2,1-9H3/q+2. The summed E-state index contributed by atoms with van der Waals surface area (Å²) >= 11 is 0. The van der Waals surface area contributed by atoms with Crippen LogP contribution in [0.4, 0.5) is 0 Å². The van der Waals surface area contributed by atoms with Gasteiger partial charge in [-0.1, -0.05) is 75.7 Å². The van der Waals surface area contributed by atoms with E-state index in [-0.39, 0.29) is 12.0 Å². The minimum atomic E-state index is 0.0876. The molecule has 3 aromatic carbocycles. The van der Waals surface area contributed by atoms with Crippen molar-refractivity contribution < 1.29 is 13.6 Å². The molecule has 0 amide bonds. The summed E-state index contributed by atoms with van der Waals surface area (Å²) in [5, 5.41) is 2.15. The molecule has 2 aliphatic heterocycles. The van der Waals surface area contributed by atoms with Gasteiger partial charge >= 0.3 is 0 Å². The Bertz CT molecular complexity index is 2680. The maximum absolute atomic E-state index is 7.03. The maximum atomic E-state index is 7.03. The van der Waals surface area contributed by atoms with E-state index in [1.54, 1.807) is 0 Å². The molecule has 4 heteroatoms. The smallest absolute Gasteiger partial charge is 0.227 e. The molecule has 6 heterocycles. The van der Waals surface area contributed by atoms with E-state index in [1.165, 1.54) is 67.0 Å². The zero-order valence-corrected chi connectivity index (χ0v) is 33.3. The lowest BCUT2D eigenvalue weighted by Gasteiger charge is -2.30.